The van der Waals surface area contributed by atoms with Crippen molar-refractivity contribution >= 4 is 46.2 Å². The second kappa shape index (κ2) is 10.5. The fourth-order valence-electron chi connectivity index (χ4n) is 5.85. The molecule has 0 spiro atoms. The van der Waals surface area contributed by atoms with E-state index in [1.807, 2.05) is 45.6 Å². The smallest absolute Gasteiger partial charge is 0.332 e. The summed E-state index contributed by atoms with van der Waals surface area (Å²) in [6.07, 6.45) is 0.0118. The molecule has 2 aliphatic rings. The van der Waals surface area contributed by atoms with Crippen molar-refractivity contribution in [2.45, 2.75) is 25.9 Å². The Kier molecular flexibility index (Phi) is 6.98. The molecule has 0 radical (unpaired) electrons. The molecule has 42 heavy (non-hydrogen) atoms. The first-order valence-corrected chi connectivity index (χ1v) is 14.0. The van der Waals surface area contributed by atoms with Gasteiger partial charge in [-0.3, -0.25) is 33.0 Å². The molecule has 13 heteroatoms. The number of benzene rings is 2. The highest BCUT2D eigenvalue weighted by molar-refractivity contribution is 6.31. The topological polar surface area (TPSA) is 106 Å². The minimum atomic E-state index is -0.650. The van der Waals surface area contributed by atoms with Crippen LogP contribution in [0.5, 0.6) is 0 Å². The summed E-state index contributed by atoms with van der Waals surface area (Å²) < 4.78 is 18.0. The predicted octanol–water partition coefficient (Wildman–Crippen LogP) is 2.04. The molecule has 1 atom stereocenters. The van der Waals surface area contributed by atoms with Crippen LogP contribution in [0.25, 0.3) is 11.2 Å². The SMILES string of the molecule is Cc1cccc(Cn2c(N3CCN(C4CC(=O)N(c5ccc(F)c(Cl)c5)C4=O)CC3)nc3c2c(=O)n(C)c(=O)n3C)c1. The van der Waals surface area contributed by atoms with Gasteiger partial charge in [-0.1, -0.05) is 41.4 Å². The molecule has 2 aromatic carbocycles. The third kappa shape index (κ3) is 4.60. The summed E-state index contributed by atoms with van der Waals surface area (Å²) in [5.74, 6) is -0.812. The number of imidazole rings is 1. The third-order valence-electron chi connectivity index (χ3n) is 8.07. The second-order valence-electron chi connectivity index (χ2n) is 10.8. The van der Waals surface area contributed by atoms with Crippen LogP contribution >= 0.6 is 11.6 Å². The van der Waals surface area contributed by atoms with Crippen molar-refractivity contribution in [3.8, 4) is 0 Å². The Balaban J connectivity index is 1.29. The predicted molar refractivity (Wildman–Crippen MR) is 157 cm³/mol. The minimum absolute atomic E-state index is 0.0118. The van der Waals surface area contributed by atoms with E-state index in [9.17, 15) is 23.6 Å². The lowest BCUT2D eigenvalue weighted by atomic mass is 10.1. The maximum absolute atomic E-state index is 13.7. The van der Waals surface area contributed by atoms with Crippen molar-refractivity contribution in [3.63, 3.8) is 0 Å². The number of aromatic nitrogens is 4. The summed E-state index contributed by atoms with van der Waals surface area (Å²) in [6, 6.07) is 11.1. The van der Waals surface area contributed by atoms with Crippen molar-refractivity contribution in [1.29, 1.82) is 0 Å². The molecule has 2 fully saturated rings. The van der Waals surface area contributed by atoms with Gasteiger partial charge in [0.15, 0.2) is 11.2 Å². The molecule has 0 saturated carbocycles. The number of nitrogens with zero attached hydrogens (tertiary/aromatic N) is 7. The van der Waals surface area contributed by atoms with Crippen LogP contribution in [-0.4, -0.2) is 67.6 Å². The fraction of sp³-hybridized carbons (Fsp3) is 0.345. The van der Waals surface area contributed by atoms with Crippen molar-refractivity contribution in [2.24, 2.45) is 14.1 Å². The number of carbonyl (C=O) groups is 2. The van der Waals surface area contributed by atoms with E-state index >= 15 is 0 Å². The number of rotatable bonds is 5. The minimum Gasteiger partial charge on any atom is -0.340 e. The first kappa shape index (κ1) is 27.9. The molecule has 0 N–H and O–H groups in total. The Morgan fingerprint density at radius 3 is 2.40 bits per heavy atom. The Hall–Kier alpha value is -4.29. The van der Waals surface area contributed by atoms with Gasteiger partial charge in [0, 0.05) is 40.3 Å². The van der Waals surface area contributed by atoms with Gasteiger partial charge < -0.3 is 4.90 Å². The number of amides is 2. The van der Waals surface area contributed by atoms with E-state index in [2.05, 4.69) is 0 Å². The van der Waals surface area contributed by atoms with Gasteiger partial charge in [0.05, 0.1) is 29.7 Å². The summed E-state index contributed by atoms with van der Waals surface area (Å²) in [7, 11) is 3.05. The Labute approximate surface area is 244 Å². The highest BCUT2D eigenvalue weighted by atomic mass is 35.5. The standard InChI is InChI=1S/C29H29ClFN7O4/c1-17-5-4-6-18(13-17)16-37-24-25(33(2)29(42)34(3)27(24)41)32-28(37)36-11-9-35(10-12-36)22-15-23(39)38(26(22)40)19-7-8-21(31)20(30)14-19/h4-8,13-14,22H,9-12,15-16H2,1-3H3. The summed E-state index contributed by atoms with van der Waals surface area (Å²) >= 11 is 5.90. The molecule has 2 aliphatic heterocycles. The lowest BCUT2D eigenvalue weighted by Gasteiger charge is -2.37. The fourth-order valence-corrected chi connectivity index (χ4v) is 6.02. The summed E-state index contributed by atoms with van der Waals surface area (Å²) in [4.78, 5) is 62.0. The van der Waals surface area contributed by atoms with E-state index in [0.29, 0.717) is 49.8 Å². The van der Waals surface area contributed by atoms with Crippen LogP contribution in [-0.2, 0) is 30.2 Å². The molecule has 2 amide bonds. The van der Waals surface area contributed by atoms with Crippen LogP contribution in [0.3, 0.4) is 0 Å². The zero-order valence-corrected chi connectivity index (χ0v) is 24.1. The molecular formula is C29H29ClFN7O4. The van der Waals surface area contributed by atoms with E-state index in [4.69, 9.17) is 16.6 Å². The largest absolute Gasteiger partial charge is 0.340 e. The maximum Gasteiger partial charge on any atom is 0.332 e. The molecular weight excluding hydrogens is 565 g/mol. The van der Waals surface area contributed by atoms with Crippen LogP contribution in [0.4, 0.5) is 16.0 Å². The molecule has 218 valence electrons. The summed E-state index contributed by atoms with van der Waals surface area (Å²) in [5, 5.41) is -0.161. The van der Waals surface area contributed by atoms with Gasteiger partial charge in [-0.2, -0.15) is 4.98 Å². The Morgan fingerprint density at radius 2 is 1.71 bits per heavy atom. The molecule has 11 nitrogen and oxygen atoms in total. The Bertz CT molecular complexity index is 1870. The highest BCUT2D eigenvalue weighted by Crippen LogP contribution is 2.30. The number of carbonyl (C=O) groups excluding carboxylic acids is 2. The first-order chi connectivity index (χ1) is 20.0. The Morgan fingerprint density at radius 1 is 0.976 bits per heavy atom. The molecule has 6 rings (SSSR count). The van der Waals surface area contributed by atoms with E-state index < -0.39 is 23.1 Å². The molecule has 2 aromatic heterocycles. The van der Waals surface area contributed by atoms with Crippen molar-refractivity contribution < 1.29 is 14.0 Å². The third-order valence-corrected chi connectivity index (χ3v) is 8.36. The van der Waals surface area contributed by atoms with Gasteiger partial charge in [-0.15, -0.1) is 0 Å². The molecule has 0 bridgehead atoms. The quantitative estimate of drug-likeness (QED) is 0.326. The zero-order valence-electron chi connectivity index (χ0n) is 23.4. The lowest BCUT2D eigenvalue weighted by molar-refractivity contribution is -0.123. The summed E-state index contributed by atoms with van der Waals surface area (Å²) in [6.45, 7) is 4.27. The van der Waals surface area contributed by atoms with Crippen LogP contribution in [0.2, 0.25) is 5.02 Å². The monoisotopic (exact) mass is 593 g/mol. The van der Waals surface area contributed by atoms with Crippen LogP contribution in [0.1, 0.15) is 17.5 Å². The van der Waals surface area contributed by atoms with Gasteiger partial charge in [0.25, 0.3) is 11.5 Å². The average Bonchev–Trinajstić information content (AvgIpc) is 3.49. The lowest BCUT2D eigenvalue weighted by Crippen LogP contribution is -2.53. The average molecular weight is 594 g/mol. The normalized spacial score (nSPS) is 18.1. The van der Waals surface area contributed by atoms with Gasteiger partial charge in [-0.25, -0.2) is 14.1 Å². The second-order valence-corrected chi connectivity index (χ2v) is 11.2. The van der Waals surface area contributed by atoms with Crippen LogP contribution in [0, 0.1) is 12.7 Å². The molecule has 4 heterocycles. The number of imide groups is 1. The number of piperazine rings is 1. The zero-order chi connectivity index (χ0) is 29.9. The van der Waals surface area contributed by atoms with Crippen LogP contribution in [0.15, 0.2) is 52.1 Å². The number of anilines is 2. The van der Waals surface area contributed by atoms with Crippen molar-refractivity contribution in [1.82, 2.24) is 23.6 Å². The van der Waals surface area contributed by atoms with Crippen molar-refractivity contribution in [3.05, 3.63) is 85.3 Å². The van der Waals surface area contributed by atoms with E-state index in [0.717, 1.165) is 26.7 Å². The molecule has 1 unspecified atom stereocenters. The summed E-state index contributed by atoms with van der Waals surface area (Å²) in [5.41, 5.74) is 2.08. The van der Waals surface area contributed by atoms with Crippen LogP contribution < -0.4 is 21.0 Å². The van der Waals surface area contributed by atoms with E-state index in [1.165, 1.54) is 23.7 Å². The number of aryl methyl sites for hydroxylation is 2. The maximum atomic E-state index is 13.7. The highest BCUT2D eigenvalue weighted by Gasteiger charge is 2.43. The van der Waals surface area contributed by atoms with E-state index in [1.54, 1.807) is 7.05 Å². The number of hydrogen-bond acceptors (Lipinski definition) is 7. The number of fused-ring (bicyclic) bond motifs is 1. The molecule has 0 aliphatic carbocycles. The van der Waals surface area contributed by atoms with Gasteiger partial charge in [0.2, 0.25) is 11.9 Å². The first-order valence-electron chi connectivity index (χ1n) is 13.6. The van der Waals surface area contributed by atoms with Crippen molar-refractivity contribution in [2.75, 3.05) is 36.0 Å². The molecule has 4 aromatic rings. The van der Waals surface area contributed by atoms with Gasteiger partial charge in [0.1, 0.15) is 5.82 Å². The van der Waals surface area contributed by atoms with E-state index in [-0.39, 0.29) is 28.9 Å². The molecule has 2 saturated heterocycles. The number of halogens is 2. The number of hydrogen-bond donors (Lipinski definition) is 0. The van der Waals surface area contributed by atoms with Gasteiger partial charge in [-0.05, 0) is 30.7 Å². The van der Waals surface area contributed by atoms with Gasteiger partial charge >= 0.3 is 5.69 Å².